The standard InChI is InChI=1S/C15H8F2N8O/c1-19-15-20-4-7(5-21-15)6-25-12-9(17)3-2-8(16)10(12)22-14(25)11-13(18)24-26-23-11/h2-5H,6H2,(H2,18,24). The van der Waals surface area contributed by atoms with Gasteiger partial charge in [0.25, 0.3) is 0 Å². The van der Waals surface area contributed by atoms with E-state index < -0.39 is 11.6 Å². The molecule has 0 radical (unpaired) electrons. The quantitative estimate of drug-likeness (QED) is 0.562. The molecule has 11 heteroatoms. The average molecular weight is 354 g/mol. The number of nitrogen functional groups attached to an aromatic ring is 1. The van der Waals surface area contributed by atoms with Crippen LogP contribution < -0.4 is 5.73 Å². The Morgan fingerprint density at radius 1 is 1.15 bits per heavy atom. The number of hydrogen-bond acceptors (Lipinski definition) is 7. The second kappa shape index (κ2) is 5.85. The molecule has 3 aromatic heterocycles. The van der Waals surface area contributed by atoms with Gasteiger partial charge in [0.2, 0.25) is 0 Å². The highest BCUT2D eigenvalue weighted by Crippen LogP contribution is 2.30. The number of rotatable bonds is 3. The van der Waals surface area contributed by atoms with Gasteiger partial charge in [0.15, 0.2) is 23.2 Å². The first-order valence-electron chi connectivity index (χ1n) is 7.19. The Balaban J connectivity index is 1.94. The molecule has 2 N–H and O–H groups in total. The third kappa shape index (κ3) is 2.40. The number of fused-ring (bicyclic) bond motifs is 1. The van der Waals surface area contributed by atoms with Crippen LogP contribution in [0.5, 0.6) is 0 Å². The normalized spacial score (nSPS) is 11.0. The van der Waals surface area contributed by atoms with Crippen molar-refractivity contribution in [3.63, 3.8) is 0 Å². The Kier molecular flexibility index (Phi) is 3.51. The lowest BCUT2D eigenvalue weighted by atomic mass is 10.2. The zero-order valence-electron chi connectivity index (χ0n) is 12.9. The second-order valence-electron chi connectivity index (χ2n) is 5.25. The SMILES string of the molecule is [C-]#[N+]c1ncc(Cn2c(-c3nonc3N)nc3c(F)ccc(F)c32)cn1. The van der Waals surface area contributed by atoms with Crippen molar-refractivity contribution in [2.75, 3.05) is 5.73 Å². The predicted molar refractivity (Wildman–Crippen MR) is 84.7 cm³/mol. The number of halogens is 2. The molecule has 26 heavy (non-hydrogen) atoms. The van der Waals surface area contributed by atoms with Gasteiger partial charge in [-0.15, -0.1) is 6.57 Å². The molecule has 0 spiro atoms. The van der Waals surface area contributed by atoms with Gasteiger partial charge in [0, 0.05) is 5.56 Å². The van der Waals surface area contributed by atoms with Crippen molar-refractivity contribution in [2.24, 2.45) is 0 Å². The number of aromatic nitrogens is 6. The van der Waals surface area contributed by atoms with Gasteiger partial charge in [-0.2, -0.15) is 9.97 Å². The molecule has 0 unspecified atom stereocenters. The van der Waals surface area contributed by atoms with Crippen LogP contribution in [0.3, 0.4) is 0 Å². The van der Waals surface area contributed by atoms with Crippen molar-refractivity contribution in [2.45, 2.75) is 6.54 Å². The van der Waals surface area contributed by atoms with Crippen molar-refractivity contribution >= 4 is 22.8 Å². The van der Waals surface area contributed by atoms with E-state index in [0.29, 0.717) is 5.56 Å². The van der Waals surface area contributed by atoms with Gasteiger partial charge in [-0.3, -0.25) is 0 Å². The van der Waals surface area contributed by atoms with Crippen molar-refractivity contribution in [3.8, 4) is 11.5 Å². The fourth-order valence-corrected chi connectivity index (χ4v) is 2.52. The van der Waals surface area contributed by atoms with Crippen LogP contribution in [0, 0.1) is 18.2 Å². The van der Waals surface area contributed by atoms with Gasteiger partial charge in [0.05, 0.1) is 18.9 Å². The molecule has 0 amide bonds. The fourth-order valence-electron chi connectivity index (χ4n) is 2.52. The maximum Gasteiger partial charge on any atom is 0.371 e. The Morgan fingerprint density at radius 3 is 2.54 bits per heavy atom. The number of nitrogens with two attached hydrogens (primary N) is 1. The van der Waals surface area contributed by atoms with E-state index in [1.54, 1.807) is 0 Å². The van der Waals surface area contributed by atoms with Crippen molar-refractivity contribution < 1.29 is 13.4 Å². The van der Waals surface area contributed by atoms with Gasteiger partial charge in [0.1, 0.15) is 16.9 Å². The van der Waals surface area contributed by atoms with Crippen LogP contribution in [-0.2, 0) is 6.54 Å². The minimum atomic E-state index is -0.698. The highest BCUT2D eigenvalue weighted by atomic mass is 19.1. The summed E-state index contributed by atoms with van der Waals surface area (Å²) in [4.78, 5) is 15.0. The highest BCUT2D eigenvalue weighted by Gasteiger charge is 2.23. The molecular formula is C15H8F2N8O. The first-order chi connectivity index (χ1) is 12.6. The van der Waals surface area contributed by atoms with E-state index in [1.807, 2.05) is 0 Å². The maximum atomic E-state index is 14.4. The molecule has 0 fully saturated rings. The first-order valence-corrected chi connectivity index (χ1v) is 7.19. The number of nitrogens with zero attached hydrogens (tertiary/aromatic N) is 7. The molecule has 0 bridgehead atoms. The molecule has 0 atom stereocenters. The summed E-state index contributed by atoms with van der Waals surface area (Å²) in [6.45, 7) is 6.91. The lowest BCUT2D eigenvalue weighted by molar-refractivity contribution is 0.310. The maximum absolute atomic E-state index is 14.4. The van der Waals surface area contributed by atoms with Crippen LogP contribution in [0.15, 0.2) is 29.2 Å². The first kappa shape index (κ1) is 15.6. The topological polar surface area (TPSA) is 113 Å². The molecule has 4 aromatic rings. The van der Waals surface area contributed by atoms with E-state index in [2.05, 4.69) is 34.7 Å². The van der Waals surface area contributed by atoms with Crippen LogP contribution in [0.1, 0.15) is 5.56 Å². The monoisotopic (exact) mass is 354 g/mol. The van der Waals surface area contributed by atoms with E-state index in [4.69, 9.17) is 12.3 Å². The molecule has 0 saturated heterocycles. The molecule has 1 aromatic carbocycles. The van der Waals surface area contributed by atoms with E-state index in [9.17, 15) is 8.78 Å². The fraction of sp³-hybridized carbons (Fsp3) is 0.0667. The number of imidazole rings is 1. The zero-order valence-corrected chi connectivity index (χ0v) is 12.9. The molecule has 4 rings (SSSR count). The minimum Gasteiger partial charge on any atom is -0.394 e. The lowest BCUT2D eigenvalue weighted by Crippen LogP contribution is -2.05. The Labute approximate surface area is 143 Å². The predicted octanol–water partition coefficient (Wildman–Crippen LogP) is 2.34. The van der Waals surface area contributed by atoms with Gasteiger partial charge >= 0.3 is 5.95 Å². The third-order valence-electron chi connectivity index (χ3n) is 3.65. The summed E-state index contributed by atoms with van der Waals surface area (Å²) in [5.41, 5.74) is 6.05. The molecule has 128 valence electrons. The van der Waals surface area contributed by atoms with E-state index in [0.717, 1.165) is 12.1 Å². The lowest BCUT2D eigenvalue weighted by Gasteiger charge is -2.07. The Morgan fingerprint density at radius 2 is 1.88 bits per heavy atom. The summed E-state index contributed by atoms with van der Waals surface area (Å²) < 4.78 is 34.5. The molecule has 0 saturated carbocycles. The summed E-state index contributed by atoms with van der Waals surface area (Å²) in [5.74, 6) is -1.38. The molecule has 0 aliphatic carbocycles. The summed E-state index contributed by atoms with van der Waals surface area (Å²) in [6.07, 6.45) is 2.83. The third-order valence-corrected chi connectivity index (χ3v) is 3.65. The highest BCUT2D eigenvalue weighted by molar-refractivity contribution is 5.82. The van der Waals surface area contributed by atoms with Gasteiger partial charge in [-0.05, 0) is 22.4 Å². The Bertz CT molecular complexity index is 1160. The van der Waals surface area contributed by atoms with Crippen LogP contribution in [0.2, 0.25) is 0 Å². The van der Waals surface area contributed by atoms with Gasteiger partial charge in [-0.25, -0.2) is 18.4 Å². The smallest absolute Gasteiger partial charge is 0.371 e. The zero-order chi connectivity index (χ0) is 18.3. The van der Waals surface area contributed by atoms with Gasteiger partial charge < -0.3 is 15.1 Å². The van der Waals surface area contributed by atoms with Crippen molar-refractivity contribution in [1.82, 2.24) is 29.8 Å². The van der Waals surface area contributed by atoms with E-state index in [-0.39, 0.29) is 40.9 Å². The summed E-state index contributed by atoms with van der Waals surface area (Å²) >= 11 is 0. The molecule has 3 heterocycles. The molecule has 0 aliphatic heterocycles. The summed E-state index contributed by atoms with van der Waals surface area (Å²) in [7, 11) is 0. The van der Waals surface area contributed by atoms with Crippen LogP contribution in [-0.4, -0.2) is 29.8 Å². The average Bonchev–Trinajstić information content (AvgIpc) is 3.23. The molecule has 0 aliphatic rings. The second-order valence-corrected chi connectivity index (χ2v) is 5.25. The number of hydrogen-bond donors (Lipinski definition) is 1. The largest absolute Gasteiger partial charge is 0.394 e. The molecular weight excluding hydrogens is 346 g/mol. The number of benzene rings is 1. The summed E-state index contributed by atoms with van der Waals surface area (Å²) in [5, 5.41) is 7.13. The van der Waals surface area contributed by atoms with Gasteiger partial charge in [-0.1, -0.05) is 0 Å². The minimum absolute atomic E-state index is 0.0216. The van der Waals surface area contributed by atoms with Crippen LogP contribution >= 0.6 is 0 Å². The molecule has 9 nitrogen and oxygen atoms in total. The van der Waals surface area contributed by atoms with E-state index in [1.165, 1.54) is 17.0 Å². The van der Waals surface area contributed by atoms with Crippen molar-refractivity contribution in [1.29, 1.82) is 0 Å². The number of anilines is 1. The van der Waals surface area contributed by atoms with E-state index >= 15 is 0 Å². The van der Waals surface area contributed by atoms with Crippen LogP contribution in [0.4, 0.5) is 20.5 Å². The van der Waals surface area contributed by atoms with Crippen LogP contribution in [0.25, 0.3) is 27.4 Å². The summed E-state index contributed by atoms with van der Waals surface area (Å²) in [6, 6.07) is 1.99. The van der Waals surface area contributed by atoms with Crippen molar-refractivity contribution in [3.05, 3.63) is 53.1 Å². The Hall–Kier alpha value is -3.94.